The number of amides is 1. The first-order valence-corrected chi connectivity index (χ1v) is 11.8. The summed E-state index contributed by atoms with van der Waals surface area (Å²) in [7, 11) is -1.56. The predicted octanol–water partition coefficient (Wildman–Crippen LogP) is 3.30. The van der Waals surface area contributed by atoms with E-state index in [0.29, 0.717) is 30.8 Å². The summed E-state index contributed by atoms with van der Waals surface area (Å²) in [5.74, 6) is 0.723. The second-order valence-electron chi connectivity index (χ2n) is 8.20. The first-order valence-electron chi connectivity index (χ1n) is 9.38. The van der Waals surface area contributed by atoms with Crippen LogP contribution in [-0.4, -0.2) is 44.5 Å². The third-order valence-corrected chi connectivity index (χ3v) is 8.40. The fourth-order valence-corrected chi connectivity index (χ4v) is 5.30. The zero-order valence-corrected chi connectivity index (χ0v) is 18.2. The molecule has 2 rings (SSSR count). The van der Waals surface area contributed by atoms with Gasteiger partial charge in [-0.2, -0.15) is 0 Å². The smallest absolute Gasteiger partial charge is 0.261 e. The Kier molecular flexibility index (Phi) is 6.91. The second kappa shape index (κ2) is 8.40. The lowest BCUT2D eigenvalue weighted by atomic mass is 9.72. The van der Waals surface area contributed by atoms with Crippen molar-refractivity contribution in [2.75, 3.05) is 25.9 Å². The Morgan fingerprint density at radius 2 is 2.08 bits per heavy atom. The van der Waals surface area contributed by atoms with Gasteiger partial charge in [0.25, 0.3) is 5.91 Å². The molecule has 0 fully saturated rings. The molecule has 1 N–H and O–H groups in total. The highest BCUT2D eigenvalue weighted by atomic mass is 32.2. The molecular formula is C19H32N2O3S2. The van der Waals surface area contributed by atoms with Gasteiger partial charge in [-0.1, -0.05) is 20.8 Å². The van der Waals surface area contributed by atoms with E-state index in [1.54, 1.807) is 25.3 Å². The van der Waals surface area contributed by atoms with Crippen molar-refractivity contribution in [2.45, 2.75) is 53.4 Å². The van der Waals surface area contributed by atoms with E-state index < -0.39 is 10.0 Å². The fraction of sp³-hybridized carbons (Fsp3) is 0.737. The monoisotopic (exact) mass is 400 g/mol. The maximum Gasteiger partial charge on any atom is 0.261 e. The molecule has 0 spiro atoms. The standard InChI is InChI=1S/C19H32N2O3S2/c1-6-26(23,24)21(5)11-7-10-20-18(22)17-13-14-12-15(19(2,3)4)8-9-16(14)25-17/h13,15H,6-12H2,1-5H3,(H,20,22)/t15-/m0/s1. The van der Waals surface area contributed by atoms with Crippen LogP contribution in [0.25, 0.3) is 0 Å². The van der Waals surface area contributed by atoms with Gasteiger partial charge in [-0.3, -0.25) is 4.79 Å². The normalized spacial score (nSPS) is 18.0. The molecule has 0 aromatic carbocycles. The average molecular weight is 401 g/mol. The number of carbonyl (C=O) groups is 1. The van der Waals surface area contributed by atoms with Gasteiger partial charge in [0, 0.05) is 25.0 Å². The van der Waals surface area contributed by atoms with Crippen LogP contribution in [0.3, 0.4) is 0 Å². The van der Waals surface area contributed by atoms with Crippen LogP contribution in [0, 0.1) is 11.3 Å². The summed E-state index contributed by atoms with van der Waals surface area (Å²) in [6.45, 7) is 9.41. The Labute approximate surface area is 162 Å². The van der Waals surface area contributed by atoms with E-state index in [1.165, 1.54) is 21.2 Å². The summed E-state index contributed by atoms with van der Waals surface area (Å²) in [6, 6.07) is 2.06. The zero-order chi connectivity index (χ0) is 19.5. The van der Waals surface area contributed by atoms with E-state index in [0.717, 1.165) is 17.7 Å². The molecule has 148 valence electrons. The average Bonchev–Trinajstić information content (AvgIpc) is 3.00. The number of carbonyl (C=O) groups excluding carboxylic acids is 1. The highest BCUT2D eigenvalue weighted by Gasteiger charge is 2.30. The van der Waals surface area contributed by atoms with E-state index in [9.17, 15) is 13.2 Å². The molecule has 1 aliphatic rings. The Bertz CT molecular complexity index is 732. The van der Waals surface area contributed by atoms with Gasteiger partial charge < -0.3 is 5.32 Å². The minimum atomic E-state index is -3.15. The van der Waals surface area contributed by atoms with Crippen molar-refractivity contribution in [2.24, 2.45) is 11.3 Å². The first kappa shape index (κ1) is 21.4. The van der Waals surface area contributed by atoms with Gasteiger partial charge in [0.05, 0.1) is 10.6 Å². The summed E-state index contributed by atoms with van der Waals surface area (Å²) < 4.78 is 24.8. The molecule has 1 amide bonds. The largest absolute Gasteiger partial charge is 0.351 e. The van der Waals surface area contributed by atoms with E-state index in [-0.39, 0.29) is 11.7 Å². The van der Waals surface area contributed by atoms with Crippen LogP contribution in [0.15, 0.2) is 6.07 Å². The molecule has 1 atom stereocenters. The molecule has 5 nitrogen and oxygen atoms in total. The molecule has 1 aromatic heterocycles. The van der Waals surface area contributed by atoms with Crippen molar-refractivity contribution < 1.29 is 13.2 Å². The number of nitrogens with one attached hydrogen (secondary N) is 1. The predicted molar refractivity (Wildman–Crippen MR) is 108 cm³/mol. The Morgan fingerprint density at radius 3 is 2.69 bits per heavy atom. The lowest BCUT2D eigenvalue weighted by Crippen LogP contribution is -2.32. The van der Waals surface area contributed by atoms with Gasteiger partial charge in [-0.25, -0.2) is 12.7 Å². The molecule has 0 radical (unpaired) electrons. The molecule has 0 saturated heterocycles. The van der Waals surface area contributed by atoms with Crippen molar-refractivity contribution in [1.29, 1.82) is 0 Å². The fourth-order valence-electron chi connectivity index (χ4n) is 3.32. The summed E-state index contributed by atoms with van der Waals surface area (Å²) >= 11 is 1.61. The van der Waals surface area contributed by atoms with Gasteiger partial charge in [0.1, 0.15) is 0 Å². The van der Waals surface area contributed by atoms with E-state index in [1.807, 2.05) is 0 Å². The molecule has 0 unspecified atom stereocenters. The van der Waals surface area contributed by atoms with Crippen LogP contribution in [-0.2, 0) is 22.9 Å². The molecule has 1 aliphatic carbocycles. The van der Waals surface area contributed by atoms with E-state index in [4.69, 9.17) is 0 Å². The molecule has 0 bridgehead atoms. The molecular weight excluding hydrogens is 368 g/mol. The van der Waals surface area contributed by atoms with Gasteiger partial charge >= 0.3 is 0 Å². The van der Waals surface area contributed by atoms with Gasteiger partial charge in [0.2, 0.25) is 10.0 Å². The van der Waals surface area contributed by atoms with Crippen molar-refractivity contribution >= 4 is 27.3 Å². The minimum Gasteiger partial charge on any atom is -0.351 e. The molecule has 0 aliphatic heterocycles. The number of thiophene rings is 1. The number of rotatable bonds is 7. The van der Waals surface area contributed by atoms with Crippen LogP contribution in [0.5, 0.6) is 0 Å². The maximum atomic E-state index is 12.4. The number of aryl methyl sites for hydroxylation is 1. The summed E-state index contributed by atoms with van der Waals surface area (Å²) in [5, 5.41) is 2.92. The van der Waals surface area contributed by atoms with Crippen LogP contribution >= 0.6 is 11.3 Å². The zero-order valence-electron chi connectivity index (χ0n) is 16.6. The Balaban J connectivity index is 1.85. The van der Waals surface area contributed by atoms with E-state index >= 15 is 0 Å². The Morgan fingerprint density at radius 1 is 1.38 bits per heavy atom. The molecule has 1 aromatic rings. The topological polar surface area (TPSA) is 66.5 Å². The molecule has 0 saturated carbocycles. The summed E-state index contributed by atoms with van der Waals surface area (Å²) in [4.78, 5) is 14.5. The number of hydrogen-bond acceptors (Lipinski definition) is 4. The van der Waals surface area contributed by atoms with Crippen molar-refractivity contribution in [1.82, 2.24) is 9.62 Å². The van der Waals surface area contributed by atoms with E-state index in [2.05, 4.69) is 32.2 Å². The van der Waals surface area contributed by atoms with Crippen molar-refractivity contribution in [3.05, 3.63) is 21.4 Å². The third kappa shape index (κ3) is 5.30. The quantitative estimate of drug-likeness (QED) is 0.714. The second-order valence-corrected chi connectivity index (χ2v) is 11.7. The highest BCUT2D eigenvalue weighted by Crippen LogP contribution is 2.40. The van der Waals surface area contributed by atoms with Gasteiger partial charge in [-0.15, -0.1) is 11.3 Å². The first-order chi connectivity index (χ1) is 12.0. The lowest BCUT2D eigenvalue weighted by Gasteiger charge is -2.33. The number of hydrogen-bond donors (Lipinski definition) is 1. The van der Waals surface area contributed by atoms with Gasteiger partial charge in [-0.05, 0) is 55.6 Å². The highest BCUT2D eigenvalue weighted by molar-refractivity contribution is 7.89. The minimum absolute atomic E-state index is 0.0438. The van der Waals surface area contributed by atoms with Crippen LogP contribution < -0.4 is 5.32 Å². The van der Waals surface area contributed by atoms with Gasteiger partial charge in [0.15, 0.2) is 0 Å². The SMILES string of the molecule is CCS(=O)(=O)N(C)CCCNC(=O)c1cc2c(s1)CC[C@H](C(C)(C)C)C2. The summed E-state index contributed by atoms with van der Waals surface area (Å²) in [5.41, 5.74) is 1.63. The lowest BCUT2D eigenvalue weighted by molar-refractivity contribution is 0.0957. The number of sulfonamides is 1. The molecule has 26 heavy (non-hydrogen) atoms. The molecule has 1 heterocycles. The van der Waals surface area contributed by atoms with Crippen LogP contribution in [0.2, 0.25) is 0 Å². The summed E-state index contributed by atoms with van der Waals surface area (Å²) in [6.07, 6.45) is 3.92. The Hall–Kier alpha value is -0.920. The van der Waals surface area contributed by atoms with Crippen LogP contribution in [0.4, 0.5) is 0 Å². The van der Waals surface area contributed by atoms with Crippen LogP contribution in [0.1, 0.15) is 60.6 Å². The van der Waals surface area contributed by atoms with Crippen molar-refractivity contribution in [3.8, 4) is 0 Å². The number of fused-ring (bicyclic) bond motifs is 1. The third-order valence-electron chi connectivity index (χ3n) is 5.31. The number of nitrogens with zero attached hydrogens (tertiary/aromatic N) is 1. The van der Waals surface area contributed by atoms with Crippen molar-refractivity contribution in [3.63, 3.8) is 0 Å². The molecule has 7 heteroatoms. The maximum absolute atomic E-state index is 12.4.